The summed E-state index contributed by atoms with van der Waals surface area (Å²) in [6, 6.07) is 6.05. The van der Waals surface area contributed by atoms with Crippen LogP contribution in [0.5, 0.6) is 5.88 Å². The number of nitrogens with one attached hydrogen (secondary N) is 1. The fourth-order valence-corrected chi connectivity index (χ4v) is 4.46. The Balaban J connectivity index is 1.37. The zero-order valence-electron chi connectivity index (χ0n) is 18.2. The zero-order chi connectivity index (χ0) is 21.1. The molecule has 0 spiro atoms. The van der Waals surface area contributed by atoms with E-state index in [-0.39, 0.29) is 0 Å². The van der Waals surface area contributed by atoms with E-state index in [1.807, 2.05) is 6.07 Å². The van der Waals surface area contributed by atoms with Gasteiger partial charge >= 0.3 is 0 Å². The van der Waals surface area contributed by atoms with Gasteiger partial charge in [0.05, 0.1) is 17.6 Å². The number of fused-ring (bicyclic) bond motifs is 1. The molecule has 6 heteroatoms. The van der Waals surface area contributed by atoms with Crippen LogP contribution in [-0.4, -0.2) is 46.6 Å². The molecule has 160 valence electrons. The van der Waals surface area contributed by atoms with E-state index >= 15 is 0 Å². The molecule has 1 aromatic carbocycles. The number of likely N-dealkylation sites (tertiary alicyclic amines) is 1. The highest BCUT2D eigenvalue weighted by molar-refractivity contribution is 6.34. The molecule has 30 heavy (non-hydrogen) atoms. The summed E-state index contributed by atoms with van der Waals surface area (Å²) in [5, 5.41) is 0.515. The van der Waals surface area contributed by atoms with Crippen LogP contribution >= 0.6 is 11.6 Å². The minimum Gasteiger partial charge on any atom is -0.477 e. The zero-order valence-corrected chi connectivity index (χ0v) is 18.9. The van der Waals surface area contributed by atoms with E-state index in [1.165, 1.54) is 49.9 Å². The van der Waals surface area contributed by atoms with Crippen molar-refractivity contribution in [2.24, 2.45) is 5.92 Å². The molecule has 1 fully saturated rings. The summed E-state index contributed by atoms with van der Waals surface area (Å²) in [7, 11) is 2.21. The number of hydrogen-bond donors (Lipinski definition) is 1. The van der Waals surface area contributed by atoms with Crippen LogP contribution in [-0.2, 0) is 0 Å². The second kappa shape index (κ2) is 9.36. The predicted octanol–water partition coefficient (Wildman–Crippen LogP) is 5.79. The molecule has 0 atom stereocenters. The highest BCUT2D eigenvalue weighted by atomic mass is 35.5. The van der Waals surface area contributed by atoms with Crippen molar-refractivity contribution < 1.29 is 4.74 Å². The lowest BCUT2D eigenvalue weighted by atomic mass is 9.92. The van der Waals surface area contributed by atoms with Gasteiger partial charge < -0.3 is 14.6 Å². The van der Waals surface area contributed by atoms with Gasteiger partial charge in [-0.3, -0.25) is 0 Å². The topological polar surface area (TPSA) is 54.0 Å². The first kappa shape index (κ1) is 21.1. The van der Waals surface area contributed by atoms with Crippen molar-refractivity contribution >= 4 is 22.6 Å². The first-order valence-electron chi connectivity index (χ1n) is 10.9. The van der Waals surface area contributed by atoms with E-state index in [1.54, 1.807) is 6.20 Å². The molecule has 0 aliphatic carbocycles. The van der Waals surface area contributed by atoms with Crippen LogP contribution in [0.2, 0.25) is 5.02 Å². The second-order valence-electron chi connectivity index (χ2n) is 8.56. The number of aromatic nitrogens is 3. The van der Waals surface area contributed by atoms with Crippen LogP contribution in [0.1, 0.15) is 43.2 Å². The number of aryl methyl sites for hydroxylation is 2. The number of halogens is 1. The Hall–Kier alpha value is -2.11. The summed E-state index contributed by atoms with van der Waals surface area (Å²) in [6.45, 7) is 7.29. The second-order valence-corrected chi connectivity index (χ2v) is 8.94. The van der Waals surface area contributed by atoms with Crippen LogP contribution in [0.25, 0.3) is 22.4 Å². The Morgan fingerprint density at radius 2 is 1.97 bits per heavy atom. The van der Waals surface area contributed by atoms with Gasteiger partial charge in [-0.25, -0.2) is 9.97 Å². The number of H-pyrrole nitrogens is 1. The quantitative estimate of drug-likeness (QED) is 0.486. The number of nitrogens with zero attached hydrogens (tertiary/aromatic N) is 3. The van der Waals surface area contributed by atoms with Crippen LogP contribution in [0.15, 0.2) is 24.4 Å². The standard InChI is InChI=1S/C24H31ClN4O/c1-16-7-8-20-22(17(16)2)28-23(27-20)19-9-12-26-24(21(19)25)30-15-5-4-6-18-10-13-29(3)14-11-18/h7-9,12,18H,4-6,10-11,13-15H2,1-3H3,(H,27,28). The maximum atomic E-state index is 6.64. The minimum absolute atomic E-state index is 0.488. The number of imidazole rings is 1. The molecule has 1 aliphatic rings. The summed E-state index contributed by atoms with van der Waals surface area (Å²) >= 11 is 6.64. The van der Waals surface area contributed by atoms with Crippen molar-refractivity contribution in [3.05, 3.63) is 40.5 Å². The average molecular weight is 427 g/mol. The predicted molar refractivity (Wildman–Crippen MR) is 123 cm³/mol. The number of piperidine rings is 1. The monoisotopic (exact) mass is 426 g/mol. The molecule has 0 radical (unpaired) electrons. The fourth-order valence-electron chi connectivity index (χ4n) is 4.20. The van der Waals surface area contributed by atoms with Crippen LogP contribution < -0.4 is 4.74 Å². The molecular weight excluding hydrogens is 396 g/mol. The van der Waals surface area contributed by atoms with Crippen molar-refractivity contribution in [3.8, 4) is 17.3 Å². The Morgan fingerprint density at radius 3 is 2.77 bits per heavy atom. The van der Waals surface area contributed by atoms with E-state index in [4.69, 9.17) is 21.3 Å². The average Bonchev–Trinajstić information content (AvgIpc) is 3.18. The summed E-state index contributed by atoms with van der Waals surface area (Å²) in [5.74, 6) is 2.10. The molecule has 4 rings (SSSR count). The van der Waals surface area contributed by atoms with E-state index in [0.29, 0.717) is 17.5 Å². The third kappa shape index (κ3) is 4.62. The number of hydrogen-bond acceptors (Lipinski definition) is 4. The molecule has 0 unspecified atom stereocenters. The van der Waals surface area contributed by atoms with Gasteiger partial charge in [-0.15, -0.1) is 0 Å². The lowest BCUT2D eigenvalue weighted by Crippen LogP contribution is -2.30. The van der Waals surface area contributed by atoms with Gasteiger partial charge in [0.1, 0.15) is 10.8 Å². The molecule has 1 saturated heterocycles. The molecule has 3 aromatic rings. The van der Waals surface area contributed by atoms with Crippen molar-refractivity contribution in [1.29, 1.82) is 0 Å². The summed E-state index contributed by atoms with van der Waals surface area (Å²) in [6.07, 6.45) is 7.88. The number of pyridine rings is 1. The first-order chi connectivity index (χ1) is 14.5. The highest BCUT2D eigenvalue weighted by Crippen LogP contribution is 2.34. The van der Waals surface area contributed by atoms with Crippen LogP contribution in [0.4, 0.5) is 0 Å². The number of unbranched alkanes of at least 4 members (excludes halogenated alkanes) is 1. The van der Waals surface area contributed by atoms with Gasteiger partial charge in [0.2, 0.25) is 5.88 Å². The van der Waals surface area contributed by atoms with Gasteiger partial charge in [-0.05, 0) is 88.8 Å². The Bertz CT molecular complexity index is 1010. The highest BCUT2D eigenvalue weighted by Gasteiger charge is 2.17. The third-order valence-electron chi connectivity index (χ3n) is 6.37. The number of aromatic amines is 1. The lowest BCUT2D eigenvalue weighted by molar-refractivity contribution is 0.205. The molecular formula is C24H31ClN4O. The fraction of sp³-hybridized carbons (Fsp3) is 0.500. The summed E-state index contributed by atoms with van der Waals surface area (Å²) < 4.78 is 5.93. The lowest BCUT2D eigenvalue weighted by Gasteiger charge is -2.28. The largest absolute Gasteiger partial charge is 0.477 e. The van der Waals surface area contributed by atoms with Gasteiger partial charge in [0, 0.05) is 11.8 Å². The molecule has 2 aromatic heterocycles. The molecule has 0 saturated carbocycles. The maximum Gasteiger partial charge on any atom is 0.233 e. The normalized spacial score (nSPS) is 15.7. The van der Waals surface area contributed by atoms with Gasteiger partial charge in [-0.2, -0.15) is 0 Å². The SMILES string of the molecule is Cc1ccc2[nH]c(-c3ccnc(OCCCCC4CCN(C)CC4)c3Cl)nc2c1C. The smallest absolute Gasteiger partial charge is 0.233 e. The van der Waals surface area contributed by atoms with E-state index in [9.17, 15) is 0 Å². The number of rotatable bonds is 7. The van der Waals surface area contributed by atoms with Crippen LogP contribution in [0, 0.1) is 19.8 Å². The molecule has 3 heterocycles. The molecule has 1 N–H and O–H groups in total. The van der Waals surface area contributed by atoms with Crippen molar-refractivity contribution in [2.45, 2.75) is 46.0 Å². The first-order valence-corrected chi connectivity index (χ1v) is 11.3. The third-order valence-corrected chi connectivity index (χ3v) is 6.74. The van der Waals surface area contributed by atoms with Crippen molar-refractivity contribution in [2.75, 3.05) is 26.7 Å². The molecule has 5 nitrogen and oxygen atoms in total. The van der Waals surface area contributed by atoms with Gasteiger partial charge in [0.15, 0.2) is 0 Å². The number of benzene rings is 1. The Morgan fingerprint density at radius 1 is 1.17 bits per heavy atom. The maximum absolute atomic E-state index is 6.64. The minimum atomic E-state index is 0.488. The van der Waals surface area contributed by atoms with Crippen LogP contribution in [0.3, 0.4) is 0 Å². The summed E-state index contributed by atoms with van der Waals surface area (Å²) in [5.41, 5.74) is 5.22. The molecule has 0 bridgehead atoms. The van der Waals surface area contributed by atoms with Crippen molar-refractivity contribution in [1.82, 2.24) is 19.9 Å². The molecule has 1 aliphatic heterocycles. The molecule has 0 amide bonds. The van der Waals surface area contributed by atoms with Crippen molar-refractivity contribution in [3.63, 3.8) is 0 Å². The van der Waals surface area contributed by atoms with E-state index in [0.717, 1.165) is 34.8 Å². The Labute approximate surface area is 183 Å². The number of ether oxygens (including phenoxy) is 1. The van der Waals surface area contributed by atoms with Gasteiger partial charge in [-0.1, -0.05) is 24.1 Å². The summed E-state index contributed by atoms with van der Waals surface area (Å²) in [4.78, 5) is 14.9. The Kier molecular flexibility index (Phi) is 6.59. The van der Waals surface area contributed by atoms with E-state index < -0.39 is 0 Å². The van der Waals surface area contributed by atoms with E-state index in [2.05, 4.69) is 47.9 Å². The van der Waals surface area contributed by atoms with Gasteiger partial charge in [0.25, 0.3) is 0 Å².